The van der Waals surface area contributed by atoms with Crippen LogP contribution in [-0.2, 0) is 14.3 Å². The van der Waals surface area contributed by atoms with E-state index in [0.717, 1.165) is 0 Å². The lowest BCUT2D eigenvalue weighted by atomic mass is 9.95. The predicted molar refractivity (Wildman–Crippen MR) is 67.0 cm³/mol. The highest BCUT2D eigenvalue weighted by Crippen LogP contribution is 2.20. The Labute approximate surface area is 120 Å². The van der Waals surface area contributed by atoms with Gasteiger partial charge in [-0.1, -0.05) is 0 Å². The van der Waals surface area contributed by atoms with Crippen LogP contribution in [0.15, 0.2) is 0 Å². The summed E-state index contributed by atoms with van der Waals surface area (Å²) in [6, 6.07) is -2.54. The molecular formula is C11H20N2O8. The molecule has 1 amide bonds. The summed E-state index contributed by atoms with van der Waals surface area (Å²) in [5, 5.41) is 51.4. The van der Waals surface area contributed by atoms with E-state index in [2.05, 4.69) is 10.6 Å². The van der Waals surface area contributed by atoms with E-state index in [1.54, 1.807) is 0 Å². The van der Waals surface area contributed by atoms with Crippen LogP contribution in [0.1, 0.15) is 6.92 Å². The van der Waals surface area contributed by atoms with E-state index in [1.807, 2.05) is 0 Å². The summed E-state index contributed by atoms with van der Waals surface area (Å²) in [6.07, 6.45) is -5.30. The number of aliphatic carboxylic acids is 1. The van der Waals surface area contributed by atoms with Gasteiger partial charge in [0.15, 0.2) is 0 Å². The molecule has 0 aromatic carbocycles. The molecule has 1 unspecified atom stereocenters. The minimum Gasteiger partial charge on any atom is -0.480 e. The number of hydrogen-bond donors (Lipinski definition) is 7. The molecule has 0 bridgehead atoms. The Morgan fingerprint density at radius 1 is 1.24 bits per heavy atom. The van der Waals surface area contributed by atoms with Crippen molar-refractivity contribution in [1.82, 2.24) is 10.6 Å². The van der Waals surface area contributed by atoms with Crippen LogP contribution in [0.3, 0.4) is 0 Å². The van der Waals surface area contributed by atoms with E-state index >= 15 is 0 Å². The third-order valence-corrected chi connectivity index (χ3v) is 3.14. The minimum absolute atomic E-state index is 0.528. The molecule has 21 heavy (non-hydrogen) atoms. The van der Waals surface area contributed by atoms with Crippen LogP contribution in [0.25, 0.3) is 0 Å². The first-order chi connectivity index (χ1) is 9.81. The molecule has 1 heterocycles. The zero-order valence-corrected chi connectivity index (χ0v) is 11.3. The largest absolute Gasteiger partial charge is 0.480 e. The van der Waals surface area contributed by atoms with Crippen LogP contribution in [0.5, 0.6) is 0 Å². The number of carbonyl (C=O) groups is 2. The van der Waals surface area contributed by atoms with Gasteiger partial charge < -0.3 is 35.6 Å². The van der Waals surface area contributed by atoms with Crippen molar-refractivity contribution in [1.29, 1.82) is 0 Å². The molecule has 1 rings (SSSR count). The lowest BCUT2D eigenvalue weighted by Crippen LogP contribution is -2.69. The first-order valence-corrected chi connectivity index (χ1v) is 6.31. The predicted octanol–water partition coefficient (Wildman–Crippen LogP) is -4.03. The van der Waals surface area contributed by atoms with E-state index < -0.39 is 61.7 Å². The van der Waals surface area contributed by atoms with Crippen LogP contribution >= 0.6 is 0 Å². The van der Waals surface area contributed by atoms with Crippen molar-refractivity contribution in [2.24, 2.45) is 0 Å². The molecule has 0 aliphatic carbocycles. The summed E-state index contributed by atoms with van der Waals surface area (Å²) >= 11 is 0. The van der Waals surface area contributed by atoms with E-state index in [9.17, 15) is 19.8 Å². The van der Waals surface area contributed by atoms with Gasteiger partial charge in [0.25, 0.3) is 0 Å². The van der Waals surface area contributed by atoms with Crippen LogP contribution in [0.2, 0.25) is 0 Å². The lowest BCUT2D eigenvalue weighted by molar-refractivity contribution is -0.205. The van der Waals surface area contributed by atoms with Gasteiger partial charge in [-0.05, 0) is 0 Å². The molecule has 0 aromatic rings. The van der Waals surface area contributed by atoms with Crippen LogP contribution < -0.4 is 10.6 Å². The summed E-state index contributed by atoms with van der Waals surface area (Å²) in [4.78, 5) is 22.1. The summed E-state index contributed by atoms with van der Waals surface area (Å²) in [7, 11) is 0. The highest BCUT2D eigenvalue weighted by molar-refractivity contribution is 5.74. The van der Waals surface area contributed by atoms with Gasteiger partial charge in [-0.3, -0.25) is 14.9 Å². The second-order valence-corrected chi connectivity index (χ2v) is 4.73. The van der Waals surface area contributed by atoms with Crippen LogP contribution in [0, 0.1) is 0 Å². The Morgan fingerprint density at radius 3 is 2.29 bits per heavy atom. The lowest BCUT2D eigenvalue weighted by Gasteiger charge is -2.43. The molecule has 0 aromatic heterocycles. The molecule has 1 aliphatic heterocycles. The number of aliphatic hydroxyl groups is 4. The third-order valence-electron chi connectivity index (χ3n) is 3.14. The molecule has 1 aliphatic rings. The molecule has 0 radical (unpaired) electrons. The number of aliphatic hydroxyl groups excluding tert-OH is 4. The highest BCUT2D eigenvalue weighted by atomic mass is 16.5. The average Bonchev–Trinajstić information content (AvgIpc) is 2.42. The summed E-state index contributed by atoms with van der Waals surface area (Å²) in [6.45, 7) is -0.181. The van der Waals surface area contributed by atoms with Crippen molar-refractivity contribution in [3.63, 3.8) is 0 Å². The van der Waals surface area contributed by atoms with Gasteiger partial charge in [0.2, 0.25) is 5.91 Å². The number of carbonyl (C=O) groups excluding carboxylic acids is 1. The van der Waals surface area contributed by atoms with Crippen LogP contribution in [0.4, 0.5) is 0 Å². The normalized spacial score (nSPS) is 34.2. The maximum Gasteiger partial charge on any atom is 0.323 e. The second kappa shape index (κ2) is 7.64. The molecule has 10 heteroatoms. The summed E-state index contributed by atoms with van der Waals surface area (Å²) < 4.78 is 5.25. The number of hydrogen-bond acceptors (Lipinski definition) is 8. The highest BCUT2D eigenvalue weighted by Gasteiger charge is 2.45. The summed E-state index contributed by atoms with van der Waals surface area (Å²) in [5.74, 6) is -1.89. The van der Waals surface area contributed by atoms with Gasteiger partial charge in [0, 0.05) is 6.92 Å². The van der Waals surface area contributed by atoms with Crippen molar-refractivity contribution in [3.05, 3.63) is 0 Å². The average molecular weight is 308 g/mol. The van der Waals surface area contributed by atoms with E-state index in [-0.39, 0.29) is 0 Å². The zero-order valence-electron chi connectivity index (χ0n) is 11.3. The maximum atomic E-state index is 11.1. The van der Waals surface area contributed by atoms with Crippen LogP contribution in [-0.4, -0.2) is 87.2 Å². The van der Waals surface area contributed by atoms with Gasteiger partial charge in [-0.25, -0.2) is 0 Å². The molecule has 122 valence electrons. The Balaban J connectivity index is 2.92. The number of ether oxygens (including phenoxy) is 1. The Kier molecular flexibility index (Phi) is 6.45. The van der Waals surface area contributed by atoms with Crippen molar-refractivity contribution in [2.75, 3.05) is 13.2 Å². The quantitative estimate of drug-likeness (QED) is 0.258. The van der Waals surface area contributed by atoms with Gasteiger partial charge in [0.05, 0.1) is 19.3 Å². The molecule has 7 N–H and O–H groups in total. The van der Waals surface area contributed by atoms with Crippen molar-refractivity contribution in [2.45, 2.75) is 43.5 Å². The first-order valence-electron chi connectivity index (χ1n) is 6.31. The molecule has 1 fully saturated rings. The smallest absolute Gasteiger partial charge is 0.323 e. The van der Waals surface area contributed by atoms with Crippen molar-refractivity contribution < 1.29 is 39.9 Å². The van der Waals surface area contributed by atoms with Crippen molar-refractivity contribution in [3.8, 4) is 0 Å². The fraction of sp³-hybridized carbons (Fsp3) is 0.818. The van der Waals surface area contributed by atoms with Gasteiger partial charge in [-0.2, -0.15) is 0 Å². The molecule has 1 saturated heterocycles. The Morgan fingerprint density at radius 2 is 1.86 bits per heavy atom. The van der Waals surface area contributed by atoms with Gasteiger partial charge >= 0.3 is 5.97 Å². The SMILES string of the molecule is CC(=O)N[C@H]1C(N[C@@H](CO)C(=O)O)O[C@H](CO)[C@H](O)[C@@H]1O. The number of carboxylic acid groups (broad SMARTS) is 1. The number of amides is 1. The topological polar surface area (TPSA) is 169 Å². The van der Waals surface area contributed by atoms with Gasteiger partial charge in [0.1, 0.15) is 30.6 Å². The number of rotatable bonds is 6. The zero-order chi connectivity index (χ0) is 16.2. The monoisotopic (exact) mass is 308 g/mol. The third kappa shape index (κ3) is 4.33. The fourth-order valence-corrected chi connectivity index (χ4v) is 2.06. The maximum absolute atomic E-state index is 11.1. The summed E-state index contributed by atoms with van der Waals surface area (Å²) in [5.41, 5.74) is 0. The van der Waals surface area contributed by atoms with E-state index in [4.69, 9.17) is 20.1 Å². The first kappa shape index (κ1) is 17.8. The standard InChI is InChI=1S/C11H20N2O8/c1-4(16)12-7-9(18)8(17)6(3-15)21-10(7)13-5(2-14)11(19)20/h5-10,13-15,17-18H,2-3H2,1H3,(H,12,16)(H,19,20)/t5-,6+,7+,8-,9+,10?/m0/s1. The number of nitrogens with one attached hydrogen (secondary N) is 2. The van der Waals surface area contributed by atoms with E-state index in [0.29, 0.717) is 0 Å². The number of carboxylic acids is 1. The molecule has 0 saturated carbocycles. The minimum atomic E-state index is -1.48. The molecular weight excluding hydrogens is 288 g/mol. The van der Waals surface area contributed by atoms with E-state index in [1.165, 1.54) is 6.92 Å². The molecule has 0 spiro atoms. The molecule has 10 nitrogen and oxygen atoms in total. The van der Waals surface area contributed by atoms with Gasteiger partial charge in [-0.15, -0.1) is 0 Å². The second-order valence-electron chi connectivity index (χ2n) is 4.73. The van der Waals surface area contributed by atoms with Crippen molar-refractivity contribution >= 4 is 11.9 Å². The molecule has 6 atom stereocenters. The fourth-order valence-electron chi connectivity index (χ4n) is 2.06. The Bertz CT molecular complexity index is 379. The Hall–Kier alpha value is -1.30.